The third kappa shape index (κ3) is 5.87. The van der Waals surface area contributed by atoms with Gasteiger partial charge in [-0.05, 0) is 116 Å². The van der Waals surface area contributed by atoms with E-state index in [1.165, 1.54) is 79.3 Å². The first-order valence-corrected chi connectivity index (χ1v) is 16.6. The SMILES string of the molecule is C.C=CNC(=C)C1CCCC2(C)c3cc(NC(=C)CC)ccc3CCC12.CC1CCC[C@]2(C)c3ccccc3CCC12N. The zero-order valence-corrected chi connectivity index (χ0v) is 26.8. The van der Waals surface area contributed by atoms with Gasteiger partial charge in [-0.25, -0.2) is 0 Å². The van der Waals surface area contributed by atoms with E-state index in [9.17, 15) is 0 Å². The first-order valence-electron chi connectivity index (χ1n) is 16.6. The molecule has 0 aliphatic heterocycles. The Morgan fingerprint density at radius 2 is 1.67 bits per heavy atom. The third-order valence-electron chi connectivity index (χ3n) is 12.1. The predicted molar refractivity (Wildman–Crippen MR) is 187 cm³/mol. The van der Waals surface area contributed by atoms with Gasteiger partial charge in [0.2, 0.25) is 0 Å². The molecule has 0 saturated heterocycles. The van der Waals surface area contributed by atoms with E-state index < -0.39 is 0 Å². The highest BCUT2D eigenvalue weighted by molar-refractivity contribution is 5.55. The predicted octanol–water partition coefficient (Wildman–Crippen LogP) is 9.93. The second-order valence-corrected chi connectivity index (χ2v) is 14.2. The van der Waals surface area contributed by atoms with Crippen molar-refractivity contribution in [3.8, 4) is 0 Å². The Balaban J connectivity index is 0.000000205. The number of fused-ring (bicyclic) bond motifs is 6. The number of hydrogen-bond acceptors (Lipinski definition) is 3. The maximum atomic E-state index is 6.86. The Morgan fingerprint density at radius 3 is 2.42 bits per heavy atom. The summed E-state index contributed by atoms with van der Waals surface area (Å²) in [4.78, 5) is 0. The third-order valence-corrected chi connectivity index (χ3v) is 12.1. The Bertz CT molecular complexity index is 1320. The fourth-order valence-corrected chi connectivity index (χ4v) is 9.36. The Labute approximate surface area is 263 Å². The highest BCUT2D eigenvalue weighted by atomic mass is 14.9. The number of anilines is 1. The summed E-state index contributed by atoms with van der Waals surface area (Å²) in [6.07, 6.45) is 15.1. The smallest absolute Gasteiger partial charge is 0.0384 e. The number of allylic oxidation sites excluding steroid dienone is 2. The van der Waals surface area contributed by atoms with Crippen LogP contribution in [-0.2, 0) is 23.7 Å². The quantitative estimate of drug-likeness (QED) is 0.318. The topological polar surface area (TPSA) is 50.1 Å². The molecule has 3 heteroatoms. The van der Waals surface area contributed by atoms with Gasteiger partial charge in [0.1, 0.15) is 0 Å². The van der Waals surface area contributed by atoms with E-state index in [1.807, 2.05) is 0 Å². The van der Waals surface area contributed by atoms with E-state index in [-0.39, 0.29) is 23.8 Å². The van der Waals surface area contributed by atoms with Gasteiger partial charge >= 0.3 is 0 Å². The molecule has 2 aromatic rings. The molecule has 234 valence electrons. The normalized spacial score (nSPS) is 32.1. The molecule has 0 heterocycles. The maximum Gasteiger partial charge on any atom is 0.0384 e. The number of aryl methyl sites for hydroxylation is 2. The van der Waals surface area contributed by atoms with Crippen LogP contribution in [0.3, 0.4) is 0 Å². The summed E-state index contributed by atoms with van der Waals surface area (Å²) >= 11 is 0. The van der Waals surface area contributed by atoms with E-state index >= 15 is 0 Å². The molecular weight excluding hydrogens is 522 g/mol. The zero-order chi connectivity index (χ0) is 30.1. The summed E-state index contributed by atoms with van der Waals surface area (Å²) in [5.74, 6) is 1.83. The van der Waals surface area contributed by atoms with Crippen molar-refractivity contribution in [2.75, 3.05) is 5.32 Å². The molecule has 4 aliphatic carbocycles. The van der Waals surface area contributed by atoms with E-state index in [0.29, 0.717) is 17.8 Å². The van der Waals surface area contributed by atoms with Crippen molar-refractivity contribution in [3.05, 3.63) is 102 Å². The van der Waals surface area contributed by atoms with E-state index in [0.717, 1.165) is 30.7 Å². The molecule has 0 amide bonds. The summed E-state index contributed by atoms with van der Waals surface area (Å²) in [7, 11) is 0. The second-order valence-electron chi connectivity index (χ2n) is 14.2. The minimum Gasteiger partial charge on any atom is -0.366 e. The largest absolute Gasteiger partial charge is 0.366 e. The van der Waals surface area contributed by atoms with Crippen LogP contribution in [0.5, 0.6) is 0 Å². The van der Waals surface area contributed by atoms with Crippen LogP contribution in [0.4, 0.5) is 5.69 Å². The second kappa shape index (κ2) is 13.1. The highest BCUT2D eigenvalue weighted by Crippen LogP contribution is 2.55. The fourth-order valence-electron chi connectivity index (χ4n) is 9.36. The van der Waals surface area contributed by atoms with Gasteiger partial charge in [-0.2, -0.15) is 0 Å². The molecular formula is C40H59N3. The van der Waals surface area contributed by atoms with Gasteiger partial charge in [0.25, 0.3) is 0 Å². The summed E-state index contributed by atoms with van der Waals surface area (Å²) in [5, 5.41) is 6.75. The van der Waals surface area contributed by atoms with Crippen LogP contribution < -0.4 is 16.4 Å². The molecule has 3 nitrogen and oxygen atoms in total. The molecule has 0 radical (unpaired) electrons. The fraction of sp³-hybridized carbons (Fsp3) is 0.550. The lowest BCUT2D eigenvalue weighted by atomic mass is 9.51. The van der Waals surface area contributed by atoms with E-state index in [4.69, 9.17) is 5.73 Å². The summed E-state index contributed by atoms with van der Waals surface area (Å²) in [6, 6.07) is 15.9. The number of nitrogens with one attached hydrogen (secondary N) is 2. The van der Waals surface area contributed by atoms with Crippen molar-refractivity contribution in [1.29, 1.82) is 0 Å². The Morgan fingerprint density at radius 1 is 0.953 bits per heavy atom. The van der Waals surface area contributed by atoms with Gasteiger partial charge in [-0.15, -0.1) is 0 Å². The zero-order valence-electron chi connectivity index (χ0n) is 26.8. The van der Waals surface area contributed by atoms with Crippen LogP contribution in [0.15, 0.2) is 79.8 Å². The molecule has 2 saturated carbocycles. The van der Waals surface area contributed by atoms with Crippen molar-refractivity contribution in [1.82, 2.24) is 5.32 Å². The number of rotatable bonds is 6. The van der Waals surface area contributed by atoms with Crippen molar-refractivity contribution >= 4 is 5.69 Å². The lowest BCUT2D eigenvalue weighted by Crippen LogP contribution is -2.64. The average Bonchev–Trinajstić information content (AvgIpc) is 2.98. The maximum absolute atomic E-state index is 6.86. The van der Waals surface area contributed by atoms with Gasteiger partial charge in [-0.3, -0.25) is 0 Å². The number of benzene rings is 2. The van der Waals surface area contributed by atoms with Gasteiger partial charge in [0, 0.05) is 34.0 Å². The van der Waals surface area contributed by atoms with Crippen LogP contribution in [0, 0.1) is 17.8 Å². The summed E-state index contributed by atoms with van der Waals surface area (Å²) in [6.45, 7) is 21.6. The van der Waals surface area contributed by atoms with Gasteiger partial charge in [0.15, 0.2) is 0 Å². The molecule has 0 aromatic heterocycles. The van der Waals surface area contributed by atoms with Crippen molar-refractivity contribution in [2.24, 2.45) is 23.5 Å². The molecule has 5 unspecified atom stereocenters. The number of hydrogen-bond donors (Lipinski definition) is 3. The minimum absolute atomic E-state index is 0. The first kappa shape index (κ1) is 33.1. The number of nitrogens with two attached hydrogens (primary N) is 1. The first-order chi connectivity index (χ1) is 20.1. The van der Waals surface area contributed by atoms with Crippen LogP contribution in [-0.4, -0.2) is 5.54 Å². The average molecular weight is 582 g/mol. The van der Waals surface area contributed by atoms with Crippen molar-refractivity contribution in [2.45, 2.75) is 122 Å². The minimum atomic E-state index is 0. The van der Waals surface area contributed by atoms with Crippen LogP contribution in [0.1, 0.15) is 115 Å². The standard InChI is InChI=1S/C23H32N2.C16H23N.CH4/c1-6-16(3)25-19-12-10-18-11-13-21-20(17(4)24-7-2)9-8-14-23(21,5)22(18)15-19;1-12-6-5-10-15(2)14-8-4-3-7-13(14)9-11-16(12,15)17;/h7,10,12,15,20-21,24-25H,2-4,6,8-9,11,13-14H2,1,5H3;3-4,7-8,12H,5-6,9-11,17H2,1-2H3;1H4/t;12?,15-,16?;/m.1./s1. The Hall–Kier alpha value is -2.78. The molecule has 4 aliphatic rings. The molecule has 6 rings (SSSR count). The molecule has 6 atom stereocenters. The van der Waals surface area contributed by atoms with Crippen molar-refractivity contribution < 1.29 is 0 Å². The highest BCUT2D eigenvalue weighted by Gasteiger charge is 2.54. The van der Waals surface area contributed by atoms with Gasteiger partial charge in [0.05, 0.1) is 0 Å². The molecule has 2 aromatic carbocycles. The summed E-state index contributed by atoms with van der Waals surface area (Å²) < 4.78 is 0. The molecule has 0 spiro atoms. The van der Waals surface area contributed by atoms with E-state index in [2.05, 4.69) is 101 Å². The molecule has 0 bridgehead atoms. The van der Waals surface area contributed by atoms with Crippen LogP contribution >= 0.6 is 0 Å². The molecule has 4 N–H and O–H groups in total. The van der Waals surface area contributed by atoms with Crippen molar-refractivity contribution in [3.63, 3.8) is 0 Å². The summed E-state index contributed by atoms with van der Waals surface area (Å²) in [5.41, 5.74) is 16.8. The monoisotopic (exact) mass is 581 g/mol. The van der Waals surface area contributed by atoms with Crippen LogP contribution in [0.2, 0.25) is 0 Å². The lowest BCUT2D eigenvalue weighted by Gasteiger charge is -2.57. The van der Waals surface area contributed by atoms with Gasteiger partial charge < -0.3 is 16.4 Å². The van der Waals surface area contributed by atoms with Crippen LogP contribution in [0.25, 0.3) is 0 Å². The Kier molecular flexibility index (Phi) is 10.1. The molecule has 2 fully saturated rings. The van der Waals surface area contributed by atoms with Gasteiger partial charge in [-0.1, -0.05) is 98.0 Å². The molecule has 43 heavy (non-hydrogen) atoms. The van der Waals surface area contributed by atoms with E-state index in [1.54, 1.807) is 6.20 Å². The lowest BCUT2D eigenvalue weighted by molar-refractivity contribution is 0.0785.